The van der Waals surface area contributed by atoms with Crippen molar-refractivity contribution in [1.29, 1.82) is 0 Å². The smallest absolute Gasteiger partial charge is 0.236 e. The minimum atomic E-state index is 0.225. The molecule has 0 saturated carbocycles. The minimum Gasteiger partial charge on any atom is -0.341 e. The summed E-state index contributed by atoms with van der Waals surface area (Å²) in [5, 5.41) is 0. The number of rotatable bonds is 6. The molecule has 0 aromatic heterocycles. The molecule has 0 aromatic carbocycles. The van der Waals surface area contributed by atoms with E-state index in [9.17, 15) is 4.79 Å². The molecule has 0 aromatic rings. The second-order valence-electron chi connectivity index (χ2n) is 7.18. The molecule has 1 aliphatic rings. The normalized spacial score (nSPS) is 25.3. The van der Waals surface area contributed by atoms with Gasteiger partial charge in [0, 0.05) is 19.1 Å². The molecule has 1 amide bonds. The first-order valence-corrected chi connectivity index (χ1v) is 8.01. The summed E-state index contributed by atoms with van der Waals surface area (Å²) in [6.45, 7) is 12.0. The molecule has 0 aliphatic carbocycles. The maximum absolute atomic E-state index is 12.3. The summed E-state index contributed by atoms with van der Waals surface area (Å²) in [4.78, 5) is 16.5. The summed E-state index contributed by atoms with van der Waals surface area (Å²) < 4.78 is 0. The molecule has 3 atom stereocenters. The Bertz CT molecular complexity index is 296. The van der Waals surface area contributed by atoms with Crippen molar-refractivity contribution in [2.45, 2.75) is 46.6 Å². The van der Waals surface area contributed by atoms with Gasteiger partial charge in [0.15, 0.2) is 0 Å². The fourth-order valence-corrected chi connectivity index (χ4v) is 2.98. The van der Waals surface area contributed by atoms with Crippen molar-refractivity contribution >= 4 is 5.91 Å². The van der Waals surface area contributed by atoms with E-state index in [2.05, 4.69) is 32.6 Å². The van der Waals surface area contributed by atoms with Crippen molar-refractivity contribution < 1.29 is 4.79 Å². The van der Waals surface area contributed by atoms with Gasteiger partial charge in [-0.3, -0.25) is 9.69 Å². The van der Waals surface area contributed by atoms with Gasteiger partial charge < -0.3 is 10.6 Å². The van der Waals surface area contributed by atoms with Crippen LogP contribution in [0.3, 0.4) is 0 Å². The van der Waals surface area contributed by atoms with Crippen molar-refractivity contribution in [3.8, 4) is 0 Å². The predicted octanol–water partition coefficient (Wildman–Crippen LogP) is 1.80. The molecule has 0 spiro atoms. The minimum absolute atomic E-state index is 0.225. The summed E-state index contributed by atoms with van der Waals surface area (Å²) in [5.41, 5.74) is 6.05. The van der Waals surface area contributed by atoms with Gasteiger partial charge in [-0.2, -0.15) is 0 Å². The Kier molecular flexibility index (Phi) is 6.96. The average molecular weight is 283 g/mol. The predicted molar refractivity (Wildman–Crippen MR) is 84.5 cm³/mol. The van der Waals surface area contributed by atoms with Crippen LogP contribution < -0.4 is 5.73 Å². The molecule has 1 fully saturated rings. The van der Waals surface area contributed by atoms with E-state index in [1.165, 1.54) is 6.42 Å². The van der Waals surface area contributed by atoms with Crippen LogP contribution in [0.4, 0.5) is 0 Å². The maximum atomic E-state index is 12.3. The third-order valence-corrected chi connectivity index (χ3v) is 4.33. The largest absolute Gasteiger partial charge is 0.341 e. The summed E-state index contributed by atoms with van der Waals surface area (Å²) in [6, 6.07) is 0.225. The lowest BCUT2D eigenvalue weighted by Crippen LogP contribution is -2.46. The van der Waals surface area contributed by atoms with Crippen LogP contribution in [0, 0.1) is 17.8 Å². The molecule has 4 nitrogen and oxygen atoms in total. The number of amides is 1. The Morgan fingerprint density at radius 2 is 1.85 bits per heavy atom. The number of nitrogens with two attached hydrogens (primary N) is 1. The standard InChI is InChI=1S/C16H33N3O/c1-12(2)15(17)6-7-18(5)11-16(20)19-9-13(3)8-14(4)10-19/h12-15H,6-11,17H2,1-5H3. The van der Waals surface area contributed by atoms with Gasteiger partial charge >= 0.3 is 0 Å². The molecule has 0 radical (unpaired) electrons. The molecule has 118 valence electrons. The zero-order valence-electron chi connectivity index (χ0n) is 13.9. The molecule has 1 aliphatic heterocycles. The monoisotopic (exact) mass is 283 g/mol. The van der Waals surface area contributed by atoms with Crippen molar-refractivity contribution in [1.82, 2.24) is 9.80 Å². The van der Waals surface area contributed by atoms with E-state index in [0.29, 0.717) is 24.3 Å². The fraction of sp³-hybridized carbons (Fsp3) is 0.938. The van der Waals surface area contributed by atoms with E-state index in [4.69, 9.17) is 5.73 Å². The van der Waals surface area contributed by atoms with Crippen LogP contribution in [0.1, 0.15) is 40.5 Å². The van der Waals surface area contributed by atoms with E-state index in [-0.39, 0.29) is 11.9 Å². The zero-order valence-corrected chi connectivity index (χ0v) is 13.9. The van der Waals surface area contributed by atoms with Gasteiger partial charge in [0.25, 0.3) is 0 Å². The quantitative estimate of drug-likeness (QED) is 0.808. The van der Waals surface area contributed by atoms with Gasteiger partial charge in [-0.1, -0.05) is 27.7 Å². The molecule has 3 unspecified atom stereocenters. The summed E-state index contributed by atoms with van der Waals surface area (Å²) in [5.74, 6) is 2.02. The van der Waals surface area contributed by atoms with Gasteiger partial charge in [-0.15, -0.1) is 0 Å². The highest BCUT2D eigenvalue weighted by Gasteiger charge is 2.25. The van der Waals surface area contributed by atoms with Crippen LogP contribution >= 0.6 is 0 Å². The summed E-state index contributed by atoms with van der Waals surface area (Å²) in [6.07, 6.45) is 2.19. The Morgan fingerprint density at radius 3 is 2.35 bits per heavy atom. The van der Waals surface area contributed by atoms with Gasteiger partial charge in [0.2, 0.25) is 5.91 Å². The number of likely N-dealkylation sites (N-methyl/N-ethyl adjacent to an activating group) is 1. The topological polar surface area (TPSA) is 49.6 Å². The molecular formula is C16H33N3O. The van der Waals surface area contributed by atoms with E-state index in [0.717, 1.165) is 26.1 Å². The first-order valence-electron chi connectivity index (χ1n) is 8.01. The number of carbonyl (C=O) groups excluding carboxylic acids is 1. The molecule has 20 heavy (non-hydrogen) atoms. The van der Waals surface area contributed by atoms with Crippen LogP contribution in [0.15, 0.2) is 0 Å². The van der Waals surface area contributed by atoms with Crippen LogP contribution in [0.5, 0.6) is 0 Å². The Hall–Kier alpha value is -0.610. The lowest BCUT2D eigenvalue weighted by molar-refractivity contribution is -0.134. The first-order chi connectivity index (χ1) is 9.29. The second-order valence-corrected chi connectivity index (χ2v) is 7.18. The van der Waals surface area contributed by atoms with Crippen molar-refractivity contribution in [3.63, 3.8) is 0 Å². The highest BCUT2D eigenvalue weighted by Crippen LogP contribution is 2.20. The molecule has 0 bridgehead atoms. The van der Waals surface area contributed by atoms with Crippen LogP contribution in [-0.2, 0) is 4.79 Å². The van der Waals surface area contributed by atoms with Crippen molar-refractivity contribution in [2.24, 2.45) is 23.5 Å². The number of nitrogens with zero attached hydrogens (tertiary/aromatic N) is 2. The lowest BCUT2D eigenvalue weighted by atomic mass is 9.92. The highest BCUT2D eigenvalue weighted by molar-refractivity contribution is 5.78. The van der Waals surface area contributed by atoms with Crippen molar-refractivity contribution in [2.75, 3.05) is 33.2 Å². The zero-order chi connectivity index (χ0) is 15.3. The molecule has 1 saturated heterocycles. The molecular weight excluding hydrogens is 250 g/mol. The first kappa shape index (κ1) is 17.4. The average Bonchev–Trinajstić information content (AvgIpc) is 2.34. The molecule has 1 rings (SSSR count). The molecule has 4 heteroatoms. The van der Waals surface area contributed by atoms with Crippen LogP contribution in [0.2, 0.25) is 0 Å². The number of carbonyl (C=O) groups is 1. The Balaban J connectivity index is 2.33. The number of piperidine rings is 1. The fourth-order valence-electron chi connectivity index (χ4n) is 2.98. The van der Waals surface area contributed by atoms with Gasteiger partial charge in [-0.05, 0) is 44.2 Å². The van der Waals surface area contributed by atoms with E-state index in [1.54, 1.807) is 0 Å². The highest BCUT2D eigenvalue weighted by atomic mass is 16.2. The van der Waals surface area contributed by atoms with Crippen LogP contribution in [0.25, 0.3) is 0 Å². The van der Waals surface area contributed by atoms with Gasteiger partial charge in [0.05, 0.1) is 6.54 Å². The van der Waals surface area contributed by atoms with Crippen molar-refractivity contribution in [3.05, 3.63) is 0 Å². The number of hydrogen-bond donors (Lipinski definition) is 1. The maximum Gasteiger partial charge on any atom is 0.236 e. The SMILES string of the molecule is CC1CC(C)CN(C(=O)CN(C)CCC(N)C(C)C)C1. The van der Waals surface area contributed by atoms with Crippen LogP contribution in [-0.4, -0.2) is 55.0 Å². The Morgan fingerprint density at radius 1 is 1.30 bits per heavy atom. The van der Waals surface area contributed by atoms with E-state index < -0.39 is 0 Å². The summed E-state index contributed by atoms with van der Waals surface area (Å²) in [7, 11) is 2.02. The Labute approximate surface area is 124 Å². The third-order valence-electron chi connectivity index (χ3n) is 4.33. The van der Waals surface area contributed by atoms with E-state index in [1.807, 2.05) is 11.9 Å². The lowest BCUT2D eigenvalue weighted by Gasteiger charge is -2.36. The molecule has 1 heterocycles. The number of likely N-dealkylation sites (tertiary alicyclic amines) is 1. The summed E-state index contributed by atoms with van der Waals surface area (Å²) >= 11 is 0. The third kappa shape index (κ3) is 5.80. The van der Waals surface area contributed by atoms with E-state index >= 15 is 0 Å². The van der Waals surface area contributed by atoms with Gasteiger partial charge in [0.1, 0.15) is 0 Å². The number of hydrogen-bond acceptors (Lipinski definition) is 3. The van der Waals surface area contributed by atoms with Gasteiger partial charge in [-0.25, -0.2) is 0 Å². The second kappa shape index (κ2) is 7.99. The molecule has 2 N–H and O–H groups in total.